The van der Waals surface area contributed by atoms with E-state index in [9.17, 15) is 0 Å². The Hall–Kier alpha value is -0.0800. The topological polar surface area (TPSA) is 29.3 Å². The molecule has 2 aliphatic carbocycles. The Bertz CT molecular complexity index is 223. The zero-order valence-electron chi connectivity index (χ0n) is 11.7. The van der Waals surface area contributed by atoms with Crippen molar-refractivity contribution in [3.63, 3.8) is 0 Å². The molecule has 2 aliphatic rings. The SMILES string of the molecule is CCN(CC1CC(C)CCC1N)C1CCCC1. The molecule has 3 unspecified atom stereocenters. The van der Waals surface area contributed by atoms with Crippen LogP contribution in [0.5, 0.6) is 0 Å². The molecule has 3 atom stereocenters. The van der Waals surface area contributed by atoms with Gasteiger partial charge in [0.1, 0.15) is 0 Å². The molecule has 0 aromatic heterocycles. The molecule has 2 fully saturated rings. The highest BCUT2D eigenvalue weighted by molar-refractivity contribution is 4.86. The quantitative estimate of drug-likeness (QED) is 0.816. The predicted octanol–water partition coefficient (Wildman–Crippen LogP) is 3.01. The molecular weight excluding hydrogens is 208 g/mol. The molecule has 2 rings (SSSR count). The third-order valence-electron chi connectivity index (χ3n) is 5.02. The normalized spacial score (nSPS) is 35.6. The monoisotopic (exact) mass is 238 g/mol. The Balaban J connectivity index is 1.87. The van der Waals surface area contributed by atoms with E-state index in [1.54, 1.807) is 0 Å². The molecule has 0 aromatic rings. The number of rotatable bonds is 4. The van der Waals surface area contributed by atoms with Gasteiger partial charge in [-0.15, -0.1) is 0 Å². The summed E-state index contributed by atoms with van der Waals surface area (Å²) >= 11 is 0. The summed E-state index contributed by atoms with van der Waals surface area (Å²) in [4.78, 5) is 2.72. The van der Waals surface area contributed by atoms with Crippen molar-refractivity contribution in [1.29, 1.82) is 0 Å². The zero-order valence-corrected chi connectivity index (χ0v) is 11.7. The van der Waals surface area contributed by atoms with Crippen molar-refractivity contribution in [2.75, 3.05) is 13.1 Å². The lowest BCUT2D eigenvalue weighted by atomic mass is 9.79. The fraction of sp³-hybridized carbons (Fsp3) is 1.00. The highest BCUT2D eigenvalue weighted by atomic mass is 15.2. The highest BCUT2D eigenvalue weighted by Crippen LogP contribution is 2.31. The average Bonchev–Trinajstić information content (AvgIpc) is 2.84. The molecule has 2 nitrogen and oxygen atoms in total. The zero-order chi connectivity index (χ0) is 12.3. The van der Waals surface area contributed by atoms with Crippen LogP contribution in [0.3, 0.4) is 0 Å². The van der Waals surface area contributed by atoms with Crippen LogP contribution in [0.15, 0.2) is 0 Å². The Labute approximate surface area is 107 Å². The first-order valence-corrected chi connectivity index (χ1v) is 7.70. The molecule has 0 radical (unpaired) electrons. The van der Waals surface area contributed by atoms with Crippen LogP contribution in [0.25, 0.3) is 0 Å². The minimum absolute atomic E-state index is 0.460. The summed E-state index contributed by atoms with van der Waals surface area (Å²) in [5.41, 5.74) is 6.32. The molecule has 0 aliphatic heterocycles. The minimum Gasteiger partial charge on any atom is -0.327 e. The molecular formula is C15H30N2. The van der Waals surface area contributed by atoms with Crippen LogP contribution in [-0.2, 0) is 0 Å². The van der Waals surface area contributed by atoms with E-state index in [1.807, 2.05) is 0 Å². The first-order chi connectivity index (χ1) is 8.20. The second kappa shape index (κ2) is 6.19. The number of nitrogens with zero attached hydrogens (tertiary/aromatic N) is 1. The van der Waals surface area contributed by atoms with E-state index >= 15 is 0 Å². The fourth-order valence-electron chi connectivity index (χ4n) is 3.84. The van der Waals surface area contributed by atoms with Gasteiger partial charge in [0.15, 0.2) is 0 Å². The summed E-state index contributed by atoms with van der Waals surface area (Å²) in [6.45, 7) is 7.18. The summed E-state index contributed by atoms with van der Waals surface area (Å²) in [7, 11) is 0. The minimum atomic E-state index is 0.460. The number of nitrogens with two attached hydrogens (primary N) is 1. The van der Waals surface area contributed by atoms with E-state index in [4.69, 9.17) is 5.73 Å². The van der Waals surface area contributed by atoms with E-state index in [-0.39, 0.29) is 0 Å². The Morgan fingerprint density at radius 3 is 2.47 bits per heavy atom. The van der Waals surface area contributed by atoms with Crippen LogP contribution in [0.4, 0.5) is 0 Å². The van der Waals surface area contributed by atoms with E-state index in [0.29, 0.717) is 6.04 Å². The second-order valence-corrected chi connectivity index (χ2v) is 6.37. The van der Waals surface area contributed by atoms with Crippen LogP contribution >= 0.6 is 0 Å². The van der Waals surface area contributed by atoms with Gasteiger partial charge in [-0.3, -0.25) is 0 Å². The van der Waals surface area contributed by atoms with Gasteiger partial charge < -0.3 is 10.6 Å². The van der Waals surface area contributed by atoms with Crippen molar-refractivity contribution in [3.05, 3.63) is 0 Å². The lowest BCUT2D eigenvalue weighted by Crippen LogP contribution is -2.45. The summed E-state index contributed by atoms with van der Waals surface area (Å²) < 4.78 is 0. The van der Waals surface area contributed by atoms with Crippen LogP contribution in [-0.4, -0.2) is 30.1 Å². The van der Waals surface area contributed by atoms with Gasteiger partial charge in [-0.05, 0) is 50.5 Å². The molecule has 2 saturated carbocycles. The van der Waals surface area contributed by atoms with Crippen molar-refractivity contribution < 1.29 is 0 Å². The van der Waals surface area contributed by atoms with Crippen LogP contribution in [0.2, 0.25) is 0 Å². The second-order valence-electron chi connectivity index (χ2n) is 6.37. The van der Waals surface area contributed by atoms with E-state index in [0.717, 1.165) is 17.9 Å². The van der Waals surface area contributed by atoms with Crippen LogP contribution in [0, 0.1) is 11.8 Å². The van der Waals surface area contributed by atoms with E-state index in [1.165, 1.54) is 58.0 Å². The molecule has 2 N–H and O–H groups in total. The van der Waals surface area contributed by atoms with Crippen molar-refractivity contribution in [2.24, 2.45) is 17.6 Å². The third-order valence-corrected chi connectivity index (χ3v) is 5.02. The first kappa shape index (κ1) is 13.4. The summed E-state index contributed by atoms with van der Waals surface area (Å²) in [6, 6.07) is 1.33. The molecule has 0 amide bonds. The van der Waals surface area contributed by atoms with Gasteiger partial charge in [0.25, 0.3) is 0 Å². The maximum Gasteiger partial charge on any atom is 0.00952 e. The van der Waals surface area contributed by atoms with E-state index in [2.05, 4.69) is 18.7 Å². The van der Waals surface area contributed by atoms with Crippen molar-refractivity contribution in [3.8, 4) is 0 Å². The number of hydrogen-bond donors (Lipinski definition) is 1. The summed E-state index contributed by atoms with van der Waals surface area (Å²) in [6.07, 6.45) is 9.66. The smallest absolute Gasteiger partial charge is 0.00952 e. The molecule has 17 heavy (non-hydrogen) atoms. The predicted molar refractivity (Wildman–Crippen MR) is 74.0 cm³/mol. The van der Waals surface area contributed by atoms with Gasteiger partial charge in [0.2, 0.25) is 0 Å². The highest BCUT2D eigenvalue weighted by Gasteiger charge is 2.30. The lowest BCUT2D eigenvalue weighted by molar-refractivity contribution is 0.131. The molecule has 0 heterocycles. The average molecular weight is 238 g/mol. The van der Waals surface area contributed by atoms with E-state index < -0.39 is 0 Å². The largest absolute Gasteiger partial charge is 0.327 e. The van der Waals surface area contributed by atoms with Crippen LogP contribution < -0.4 is 5.73 Å². The standard InChI is InChI=1S/C15H30N2/c1-3-17(14-6-4-5-7-14)11-13-10-12(2)8-9-15(13)16/h12-15H,3-11,16H2,1-2H3. The van der Waals surface area contributed by atoms with Gasteiger partial charge in [-0.2, -0.15) is 0 Å². The number of hydrogen-bond acceptors (Lipinski definition) is 2. The van der Waals surface area contributed by atoms with Crippen molar-refractivity contribution in [1.82, 2.24) is 4.90 Å². The molecule has 0 spiro atoms. The van der Waals surface area contributed by atoms with Crippen LogP contribution in [0.1, 0.15) is 58.8 Å². The van der Waals surface area contributed by atoms with Gasteiger partial charge in [-0.25, -0.2) is 0 Å². The Morgan fingerprint density at radius 2 is 1.82 bits per heavy atom. The van der Waals surface area contributed by atoms with Crippen molar-refractivity contribution >= 4 is 0 Å². The molecule has 0 aromatic carbocycles. The van der Waals surface area contributed by atoms with Gasteiger partial charge in [-0.1, -0.05) is 26.7 Å². The Morgan fingerprint density at radius 1 is 1.12 bits per heavy atom. The fourth-order valence-corrected chi connectivity index (χ4v) is 3.84. The van der Waals surface area contributed by atoms with Gasteiger partial charge in [0.05, 0.1) is 0 Å². The Kier molecular flexibility index (Phi) is 4.87. The summed E-state index contributed by atoms with van der Waals surface area (Å²) in [5, 5.41) is 0. The molecule has 2 heteroatoms. The van der Waals surface area contributed by atoms with Gasteiger partial charge in [0, 0.05) is 18.6 Å². The maximum atomic E-state index is 6.32. The van der Waals surface area contributed by atoms with Gasteiger partial charge >= 0.3 is 0 Å². The first-order valence-electron chi connectivity index (χ1n) is 7.70. The maximum absolute atomic E-state index is 6.32. The molecule has 0 saturated heterocycles. The lowest BCUT2D eigenvalue weighted by Gasteiger charge is -2.38. The third kappa shape index (κ3) is 3.45. The summed E-state index contributed by atoms with van der Waals surface area (Å²) in [5.74, 6) is 1.64. The molecule has 100 valence electrons. The van der Waals surface area contributed by atoms with Crippen molar-refractivity contribution in [2.45, 2.75) is 70.9 Å². The molecule has 0 bridgehead atoms.